The zero-order valence-corrected chi connectivity index (χ0v) is 16.1. The Kier molecular flexibility index (Phi) is 3.12. The third-order valence-electron chi connectivity index (χ3n) is 5.67. The van der Waals surface area contributed by atoms with Crippen LogP contribution in [0.2, 0.25) is 0 Å². The minimum atomic E-state index is 1.14. The summed E-state index contributed by atoms with van der Waals surface area (Å²) in [5, 5.41) is 10.5. The van der Waals surface area contributed by atoms with Gasteiger partial charge in [-0.2, -0.15) is 0 Å². The van der Waals surface area contributed by atoms with Crippen molar-refractivity contribution in [3.8, 4) is 11.1 Å². The molecular weight excluding hydrogens is 392 g/mol. The van der Waals surface area contributed by atoms with Gasteiger partial charge in [0.1, 0.15) is 0 Å². The van der Waals surface area contributed by atoms with Crippen LogP contribution in [-0.2, 0) is 0 Å². The molecule has 0 spiro atoms. The first-order chi connectivity index (χ1) is 13.3. The number of rotatable bonds is 1. The van der Waals surface area contributed by atoms with Crippen molar-refractivity contribution in [1.82, 2.24) is 0 Å². The topological polar surface area (TPSA) is 0 Å². The smallest absolute Gasteiger partial charge is 0.0259 e. The van der Waals surface area contributed by atoms with E-state index >= 15 is 0 Å². The Balaban J connectivity index is 1.83. The van der Waals surface area contributed by atoms with Crippen LogP contribution in [0.1, 0.15) is 0 Å². The summed E-state index contributed by atoms with van der Waals surface area (Å²) < 4.78 is 1.14. The van der Waals surface area contributed by atoms with Gasteiger partial charge in [-0.25, -0.2) is 0 Å². The van der Waals surface area contributed by atoms with Gasteiger partial charge >= 0.3 is 0 Å². The monoisotopic (exact) mass is 406 g/mol. The second-order valence-electron chi connectivity index (χ2n) is 7.11. The van der Waals surface area contributed by atoms with Crippen LogP contribution in [0, 0.1) is 0 Å². The van der Waals surface area contributed by atoms with Gasteiger partial charge in [-0.3, -0.25) is 0 Å². The van der Waals surface area contributed by atoms with E-state index in [2.05, 4.69) is 107 Å². The predicted molar refractivity (Wildman–Crippen MR) is 121 cm³/mol. The number of hydrogen-bond acceptors (Lipinski definition) is 0. The second kappa shape index (κ2) is 5.55. The average molecular weight is 407 g/mol. The molecule has 126 valence electrons. The summed E-state index contributed by atoms with van der Waals surface area (Å²) in [4.78, 5) is 0. The van der Waals surface area contributed by atoms with E-state index in [0.717, 1.165) is 4.47 Å². The summed E-state index contributed by atoms with van der Waals surface area (Å²) >= 11 is 3.77. The Morgan fingerprint density at radius 3 is 1.74 bits per heavy atom. The molecule has 6 aromatic rings. The quantitative estimate of drug-likeness (QED) is 0.241. The third-order valence-corrected chi connectivity index (χ3v) is 6.33. The summed E-state index contributed by atoms with van der Waals surface area (Å²) in [5.74, 6) is 0. The molecule has 0 N–H and O–H groups in total. The van der Waals surface area contributed by atoms with Gasteiger partial charge in [-0.15, -0.1) is 0 Å². The molecule has 0 atom stereocenters. The molecule has 0 radical (unpaired) electrons. The molecule has 27 heavy (non-hydrogen) atoms. The van der Waals surface area contributed by atoms with Crippen molar-refractivity contribution < 1.29 is 0 Å². The molecule has 0 bridgehead atoms. The first kappa shape index (κ1) is 15.2. The van der Waals surface area contributed by atoms with Gasteiger partial charge in [0, 0.05) is 9.86 Å². The molecule has 0 unspecified atom stereocenters. The standard InChI is InChI=1S/C26H15Br/c27-23-9-3-7-16-6-2-8-21(25(16)23)20-14-12-19-11-10-17-4-1-5-18-13-15-22(20)26(19)24(17)18/h1-15H. The third kappa shape index (κ3) is 2.09. The van der Waals surface area contributed by atoms with Crippen LogP contribution in [0.5, 0.6) is 0 Å². The second-order valence-corrected chi connectivity index (χ2v) is 7.97. The maximum Gasteiger partial charge on any atom is 0.0259 e. The molecular formula is C26H15Br. The van der Waals surface area contributed by atoms with Crippen molar-refractivity contribution >= 4 is 59.0 Å². The molecule has 0 amide bonds. The fraction of sp³-hybridized carbons (Fsp3) is 0. The first-order valence-corrected chi connectivity index (χ1v) is 9.95. The maximum absolute atomic E-state index is 3.77. The van der Waals surface area contributed by atoms with E-state index in [-0.39, 0.29) is 0 Å². The number of benzene rings is 6. The Morgan fingerprint density at radius 1 is 0.407 bits per heavy atom. The van der Waals surface area contributed by atoms with Crippen LogP contribution >= 0.6 is 15.9 Å². The van der Waals surface area contributed by atoms with Crippen LogP contribution in [0.15, 0.2) is 95.5 Å². The van der Waals surface area contributed by atoms with Gasteiger partial charge in [-0.05, 0) is 54.9 Å². The van der Waals surface area contributed by atoms with E-state index in [1.165, 1.54) is 54.2 Å². The van der Waals surface area contributed by atoms with Crippen molar-refractivity contribution in [2.75, 3.05) is 0 Å². The van der Waals surface area contributed by atoms with E-state index in [1.54, 1.807) is 0 Å². The highest BCUT2D eigenvalue weighted by atomic mass is 79.9. The molecule has 0 nitrogen and oxygen atoms in total. The molecule has 0 aromatic heterocycles. The molecule has 6 aromatic carbocycles. The highest BCUT2D eigenvalue weighted by Crippen LogP contribution is 2.42. The van der Waals surface area contributed by atoms with Crippen molar-refractivity contribution in [3.05, 3.63) is 95.5 Å². The molecule has 1 heteroatoms. The van der Waals surface area contributed by atoms with Gasteiger partial charge in [0.05, 0.1) is 0 Å². The Bertz CT molecular complexity index is 1460. The lowest BCUT2D eigenvalue weighted by molar-refractivity contribution is 1.68. The zero-order valence-electron chi connectivity index (χ0n) is 14.5. The van der Waals surface area contributed by atoms with Crippen molar-refractivity contribution in [3.63, 3.8) is 0 Å². The zero-order chi connectivity index (χ0) is 18.0. The lowest BCUT2D eigenvalue weighted by atomic mass is 9.88. The van der Waals surface area contributed by atoms with E-state index in [4.69, 9.17) is 0 Å². The minimum Gasteiger partial charge on any atom is -0.0610 e. The Labute approximate surface area is 165 Å². The van der Waals surface area contributed by atoms with Crippen molar-refractivity contribution in [1.29, 1.82) is 0 Å². The highest BCUT2D eigenvalue weighted by molar-refractivity contribution is 9.10. The van der Waals surface area contributed by atoms with E-state index in [1.807, 2.05) is 0 Å². The molecule has 0 aliphatic rings. The number of fused-ring (bicyclic) bond motifs is 1. The predicted octanol–water partition coefficient (Wildman–Crippen LogP) is 8.17. The van der Waals surface area contributed by atoms with Crippen LogP contribution in [-0.4, -0.2) is 0 Å². The molecule has 0 fully saturated rings. The highest BCUT2D eigenvalue weighted by Gasteiger charge is 2.14. The van der Waals surface area contributed by atoms with E-state index in [9.17, 15) is 0 Å². The number of hydrogen-bond donors (Lipinski definition) is 0. The van der Waals surface area contributed by atoms with Gasteiger partial charge in [0.2, 0.25) is 0 Å². The van der Waals surface area contributed by atoms with E-state index < -0.39 is 0 Å². The molecule has 0 saturated carbocycles. The van der Waals surface area contributed by atoms with Gasteiger partial charge in [0.25, 0.3) is 0 Å². The van der Waals surface area contributed by atoms with Gasteiger partial charge in [0.15, 0.2) is 0 Å². The maximum atomic E-state index is 3.77. The molecule has 0 aliphatic carbocycles. The van der Waals surface area contributed by atoms with Gasteiger partial charge in [-0.1, -0.05) is 101 Å². The summed E-state index contributed by atoms with van der Waals surface area (Å²) in [7, 11) is 0. The summed E-state index contributed by atoms with van der Waals surface area (Å²) in [5.41, 5.74) is 2.57. The normalized spacial score (nSPS) is 11.9. The van der Waals surface area contributed by atoms with Crippen molar-refractivity contribution in [2.24, 2.45) is 0 Å². The molecule has 0 heterocycles. The van der Waals surface area contributed by atoms with Crippen LogP contribution in [0.25, 0.3) is 54.2 Å². The number of halogens is 1. The average Bonchev–Trinajstić information content (AvgIpc) is 2.72. The summed E-state index contributed by atoms with van der Waals surface area (Å²) in [6, 6.07) is 33.1. The van der Waals surface area contributed by atoms with E-state index in [0.29, 0.717) is 0 Å². The van der Waals surface area contributed by atoms with Gasteiger partial charge < -0.3 is 0 Å². The fourth-order valence-corrected chi connectivity index (χ4v) is 5.08. The SMILES string of the molecule is Brc1cccc2cccc(-c3ccc4ccc5cccc6ccc3c4c56)c12. The lowest BCUT2D eigenvalue weighted by Crippen LogP contribution is -1.88. The Morgan fingerprint density at radius 2 is 0.963 bits per heavy atom. The summed E-state index contributed by atoms with van der Waals surface area (Å²) in [6.07, 6.45) is 0. The lowest BCUT2D eigenvalue weighted by Gasteiger charge is -2.15. The first-order valence-electron chi connectivity index (χ1n) is 9.15. The largest absolute Gasteiger partial charge is 0.0610 e. The van der Waals surface area contributed by atoms with Crippen LogP contribution in [0.4, 0.5) is 0 Å². The van der Waals surface area contributed by atoms with Crippen LogP contribution < -0.4 is 0 Å². The van der Waals surface area contributed by atoms with Crippen molar-refractivity contribution in [2.45, 2.75) is 0 Å². The Hall–Kier alpha value is -2.90. The minimum absolute atomic E-state index is 1.14. The molecule has 0 saturated heterocycles. The molecule has 0 aliphatic heterocycles. The fourth-order valence-electron chi connectivity index (χ4n) is 4.49. The summed E-state index contributed by atoms with van der Waals surface area (Å²) in [6.45, 7) is 0. The molecule has 6 rings (SSSR count). The van der Waals surface area contributed by atoms with Crippen LogP contribution in [0.3, 0.4) is 0 Å².